The van der Waals surface area contributed by atoms with Crippen LogP contribution in [0.1, 0.15) is 18.4 Å². The van der Waals surface area contributed by atoms with E-state index in [2.05, 4.69) is 31.7 Å². The third-order valence-corrected chi connectivity index (χ3v) is 3.05. The molecule has 0 aromatic carbocycles. The highest BCUT2D eigenvalue weighted by atomic mass is 32.2. The molecule has 0 amide bonds. The third kappa shape index (κ3) is 3.15. The van der Waals surface area contributed by atoms with Crippen LogP contribution in [-0.2, 0) is 12.2 Å². The molecule has 0 atom stereocenters. The average Bonchev–Trinajstić information content (AvgIpc) is 2.53. The van der Waals surface area contributed by atoms with E-state index < -0.39 is 0 Å². The van der Waals surface area contributed by atoms with Crippen LogP contribution in [-0.4, -0.2) is 11.5 Å². The summed E-state index contributed by atoms with van der Waals surface area (Å²) in [5.41, 5.74) is 0. The van der Waals surface area contributed by atoms with E-state index in [1.165, 1.54) is 0 Å². The van der Waals surface area contributed by atoms with Crippen LogP contribution in [0.2, 0.25) is 0 Å². The normalized spacial score (nSPS) is 10.5. The van der Waals surface area contributed by atoms with Gasteiger partial charge in [0.05, 0.1) is 5.75 Å². The monoisotopic (exact) mass is 202 g/mol. The summed E-state index contributed by atoms with van der Waals surface area (Å²) in [5, 5.41) is 0. The Morgan fingerprint density at radius 1 is 1.42 bits per heavy atom. The van der Waals surface area contributed by atoms with Crippen molar-refractivity contribution < 1.29 is 4.42 Å². The van der Waals surface area contributed by atoms with Gasteiger partial charge < -0.3 is 4.42 Å². The van der Waals surface area contributed by atoms with Crippen molar-refractivity contribution in [3.63, 3.8) is 0 Å². The molecular formula is C9H14OS2. The van der Waals surface area contributed by atoms with Gasteiger partial charge in [0.2, 0.25) is 0 Å². The van der Waals surface area contributed by atoms with Crippen LogP contribution in [0, 0.1) is 0 Å². The maximum Gasteiger partial charge on any atom is 0.114 e. The van der Waals surface area contributed by atoms with Gasteiger partial charge in [0.15, 0.2) is 0 Å². The SMILES string of the molecule is CCc1ccc(CSCCS)o1. The van der Waals surface area contributed by atoms with Crippen LogP contribution in [0.15, 0.2) is 16.5 Å². The van der Waals surface area contributed by atoms with Crippen LogP contribution in [0.3, 0.4) is 0 Å². The van der Waals surface area contributed by atoms with Gasteiger partial charge in [0.1, 0.15) is 11.5 Å². The van der Waals surface area contributed by atoms with Crippen molar-refractivity contribution in [2.75, 3.05) is 11.5 Å². The van der Waals surface area contributed by atoms with E-state index >= 15 is 0 Å². The second-order valence-electron chi connectivity index (χ2n) is 2.50. The van der Waals surface area contributed by atoms with E-state index in [1.807, 2.05) is 11.8 Å². The van der Waals surface area contributed by atoms with Gasteiger partial charge in [-0.2, -0.15) is 24.4 Å². The number of rotatable bonds is 5. The summed E-state index contributed by atoms with van der Waals surface area (Å²) in [6, 6.07) is 4.11. The Kier molecular flexibility index (Phi) is 4.69. The lowest BCUT2D eigenvalue weighted by Crippen LogP contribution is -1.81. The lowest BCUT2D eigenvalue weighted by atomic mass is 10.4. The van der Waals surface area contributed by atoms with Crippen LogP contribution in [0.5, 0.6) is 0 Å². The summed E-state index contributed by atoms with van der Waals surface area (Å²) in [6.07, 6.45) is 0.983. The molecule has 0 fully saturated rings. The summed E-state index contributed by atoms with van der Waals surface area (Å²) in [7, 11) is 0. The lowest BCUT2D eigenvalue weighted by Gasteiger charge is -1.94. The van der Waals surface area contributed by atoms with Crippen molar-refractivity contribution in [1.29, 1.82) is 0 Å². The smallest absolute Gasteiger partial charge is 0.114 e. The zero-order valence-electron chi connectivity index (χ0n) is 7.25. The lowest BCUT2D eigenvalue weighted by molar-refractivity contribution is 0.485. The van der Waals surface area contributed by atoms with Crippen LogP contribution in [0.4, 0.5) is 0 Å². The molecule has 0 radical (unpaired) electrons. The predicted molar refractivity (Wildman–Crippen MR) is 58.1 cm³/mol. The van der Waals surface area contributed by atoms with Crippen LogP contribution in [0.25, 0.3) is 0 Å². The highest BCUT2D eigenvalue weighted by molar-refractivity contribution is 7.99. The molecule has 3 heteroatoms. The minimum absolute atomic E-state index is 0.937. The van der Waals surface area contributed by atoms with Gasteiger partial charge >= 0.3 is 0 Å². The van der Waals surface area contributed by atoms with Gasteiger partial charge in [0, 0.05) is 12.2 Å². The fourth-order valence-corrected chi connectivity index (χ4v) is 1.94. The van der Waals surface area contributed by atoms with Gasteiger partial charge in [-0.25, -0.2) is 0 Å². The second-order valence-corrected chi connectivity index (χ2v) is 4.05. The molecule has 0 bridgehead atoms. The average molecular weight is 202 g/mol. The van der Waals surface area contributed by atoms with E-state index in [-0.39, 0.29) is 0 Å². The van der Waals surface area contributed by atoms with E-state index in [1.54, 1.807) is 0 Å². The second kappa shape index (κ2) is 5.60. The molecule has 0 aliphatic rings. The minimum Gasteiger partial charge on any atom is -0.465 e. The van der Waals surface area contributed by atoms with Gasteiger partial charge in [0.25, 0.3) is 0 Å². The summed E-state index contributed by atoms with van der Waals surface area (Å²) in [5.74, 6) is 5.16. The first kappa shape index (κ1) is 10.1. The van der Waals surface area contributed by atoms with E-state index in [9.17, 15) is 0 Å². The minimum atomic E-state index is 0.937. The Morgan fingerprint density at radius 2 is 2.17 bits per heavy atom. The quantitative estimate of drug-likeness (QED) is 0.582. The molecule has 0 saturated carbocycles. The van der Waals surface area contributed by atoms with E-state index in [4.69, 9.17) is 4.42 Å². The van der Waals surface area contributed by atoms with Crippen molar-refractivity contribution in [3.8, 4) is 0 Å². The Balaban J connectivity index is 2.31. The number of hydrogen-bond acceptors (Lipinski definition) is 3. The van der Waals surface area contributed by atoms with E-state index in [0.29, 0.717) is 0 Å². The van der Waals surface area contributed by atoms with Crippen LogP contribution < -0.4 is 0 Å². The Morgan fingerprint density at radius 3 is 2.75 bits per heavy atom. The summed E-state index contributed by atoms with van der Waals surface area (Å²) in [6.45, 7) is 2.10. The Labute approximate surface area is 83.3 Å². The standard InChI is InChI=1S/C9H14OS2/c1-2-8-3-4-9(10-8)7-12-6-5-11/h3-4,11H,2,5-7H2,1H3. The molecule has 68 valence electrons. The summed E-state index contributed by atoms with van der Waals surface area (Å²) >= 11 is 6.00. The third-order valence-electron chi connectivity index (χ3n) is 1.55. The first-order valence-electron chi connectivity index (χ1n) is 4.13. The molecule has 0 spiro atoms. The molecule has 1 aromatic heterocycles. The number of hydrogen-bond donors (Lipinski definition) is 1. The molecular weight excluding hydrogens is 188 g/mol. The highest BCUT2D eigenvalue weighted by Gasteiger charge is 1.99. The molecule has 1 heterocycles. The first-order chi connectivity index (χ1) is 5.86. The number of furan rings is 1. The van der Waals surface area contributed by atoms with E-state index in [0.717, 1.165) is 35.2 Å². The molecule has 0 N–H and O–H groups in total. The van der Waals surface area contributed by atoms with Crippen LogP contribution >= 0.6 is 24.4 Å². The fraction of sp³-hybridized carbons (Fsp3) is 0.556. The first-order valence-corrected chi connectivity index (χ1v) is 5.91. The highest BCUT2D eigenvalue weighted by Crippen LogP contribution is 2.15. The number of thiol groups is 1. The van der Waals surface area contributed by atoms with Crippen molar-refractivity contribution in [2.24, 2.45) is 0 Å². The molecule has 12 heavy (non-hydrogen) atoms. The number of thioether (sulfide) groups is 1. The van der Waals surface area contributed by atoms with Crippen molar-refractivity contribution in [3.05, 3.63) is 23.7 Å². The number of aryl methyl sites for hydroxylation is 1. The summed E-state index contributed by atoms with van der Waals surface area (Å²) in [4.78, 5) is 0. The molecule has 0 unspecified atom stereocenters. The van der Waals surface area contributed by atoms with Gasteiger partial charge in [-0.3, -0.25) is 0 Å². The van der Waals surface area contributed by atoms with Crippen molar-refractivity contribution in [2.45, 2.75) is 19.1 Å². The molecule has 0 aliphatic heterocycles. The van der Waals surface area contributed by atoms with Crippen molar-refractivity contribution >= 4 is 24.4 Å². The topological polar surface area (TPSA) is 13.1 Å². The molecule has 0 aliphatic carbocycles. The zero-order chi connectivity index (χ0) is 8.81. The molecule has 1 rings (SSSR count). The predicted octanol–water partition coefficient (Wildman–Crippen LogP) is 3.01. The summed E-state index contributed by atoms with van der Waals surface area (Å²) < 4.78 is 5.53. The van der Waals surface area contributed by atoms with Gasteiger partial charge in [-0.15, -0.1) is 0 Å². The fourth-order valence-electron chi connectivity index (χ4n) is 0.927. The Hall–Kier alpha value is -0.0200. The van der Waals surface area contributed by atoms with Crippen molar-refractivity contribution in [1.82, 2.24) is 0 Å². The molecule has 1 aromatic rings. The zero-order valence-corrected chi connectivity index (χ0v) is 8.96. The van der Waals surface area contributed by atoms with Gasteiger partial charge in [-0.1, -0.05) is 6.92 Å². The Bertz CT molecular complexity index is 220. The molecule has 1 nitrogen and oxygen atoms in total. The maximum absolute atomic E-state index is 5.53. The van der Waals surface area contributed by atoms with Gasteiger partial charge in [-0.05, 0) is 17.9 Å². The maximum atomic E-state index is 5.53. The molecule has 0 saturated heterocycles. The largest absolute Gasteiger partial charge is 0.465 e.